The first-order valence-electron chi connectivity index (χ1n) is 11.0. The summed E-state index contributed by atoms with van der Waals surface area (Å²) in [7, 11) is 0. The molecule has 0 bridgehead atoms. The predicted molar refractivity (Wildman–Crippen MR) is 117 cm³/mol. The number of nitrogens with zero attached hydrogens (tertiary/aromatic N) is 2. The SMILES string of the molecule is N=C(N)c1ccc(C(=O)N2CCC3(CCN(C(=O)CCCCC(=O)O)CC3)CC2)cc1. The van der Waals surface area contributed by atoms with E-state index in [1.807, 2.05) is 9.80 Å². The lowest BCUT2D eigenvalue weighted by molar-refractivity contribution is -0.138. The Morgan fingerprint density at radius 3 is 1.87 bits per heavy atom. The molecule has 8 nitrogen and oxygen atoms in total. The zero-order valence-electron chi connectivity index (χ0n) is 17.9. The van der Waals surface area contributed by atoms with Crippen molar-refractivity contribution in [2.75, 3.05) is 26.2 Å². The van der Waals surface area contributed by atoms with Crippen molar-refractivity contribution in [2.45, 2.75) is 51.4 Å². The van der Waals surface area contributed by atoms with Gasteiger partial charge in [0.05, 0.1) is 0 Å². The molecule has 1 aromatic carbocycles. The number of rotatable bonds is 7. The Hall–Kier alpha value is -2.90. The molecule has 1 aromatic rings. The van der Waals surface area contributed by atoms with E-state index < -0.39 is 5.97 Å². The number of unbranched alkanes of at least 4 members (excludes halogenated alkanes) is 1. The summed E-state index contributed by atoms with van der Waals surface area (Å²) in [4.78, 5) is 39.6. The fourth-order valence-corrected chi connectivity index (χ4v) is 4.60. The highest BCUT2D eigenvalue weighted by molar-refractivity contribution is 5.98. The van der Waals surface area contributed by atoms with E-state index in [1.54, 1.807) is 24.3 Å². The molecule has 0 saturated carbocycles. The second kappa shape index (κ2) is 9.94. The van der Waals surface area contributed by atoms with Crippen molar-refractivity contribution in [3.63, 3.8) is 0 Å². The first-order valence-corrected chi connectivity index (χ1v) is 11.0. The van der Waals surface area contributed by atoms with Gasteiger partial charge in [-0.15, -0.1) is 0 Å². The number of hydrogen-bond donors (Lipinski definition) is 3. The van der Waals surface area contributed by atoms with Gasteiger partial charge in [-0.3, -0.25) is 19.8 Å². The third-order valence-corrected chi connectivity index (χ3v) is 6.76. The molecule has 2 fully saturated rings. The van der Waals surface area contributed by atoms with Crippen LogP contribution in [-0.4, -0.2) is 64.7 Å². The second-order valence-corrected chi connectivity index (χ2v) is 8.76. The molecule has 2 heterocycles. The van der Waals surface area contributed by atoms with Crippen LogP contribution in [0.15, 0.2) is 24.3 Å². The van der Waals surface area contributed by atoms with Gasteiger partial charge < -0.3 is 20.6 Å². The maximum atomic E-state index is 12.8. The summed E-state index contributed by atoms with van der Waals surface area (Å²) >= 11 is 0. The van der Waals surface area contributed by atoms with Gasteiger partial charge in [-0.25, -0.2) is 0 Å². The van der Waals surface area contributed by atoms with Gasteiger partial charge in [0.15, 0.2) is 0 Å². The molecule has 0 aromatic heterocycles. The van der Waals surface area contributed by atoms with Crippen molar-refractivity contribution in [1.82, 2.24) is 9.80 Å². The highest BCUT2D eigenvalue weighted by Crippen LogP contribution is 2.41. The van der Waals surface area contributed by atoms with Crippen LogP contribution < -0.4 is 5.73 Å². The largest absolute Gasteiger partial charge is 0.481 e. The Labute approximate surface area is 182 Å². The van der Waals surface area contributed by atoms with Crippen LogP contribution in [0.25, 0.3) is 0 Å². The number of amides is 2. The maximum Gasteiger partial charge on any atom is 0.303 e. The summed E-state index contributed by atoms with van der Waals surface area (Å²) in [5.41, 5.74) is 6.90. The minimum atomic E-state index is -0.815. The topological polar surface area (TPSA) is 128 Å². The normalized spacial score (nSPS) is 18.1. The summed E-state index contributed by atoms with van der Waals surface area (Å²) in [6.45, 7) is 2.93. The number of nitrogens with two attached hydrogens (primary N) is 1. The molecule has 31 heavy (non-hydrogen) atoms. The molecule has 2 aliphatic heterocycles. The van der Waals surface area contributed by atoms with E-state index in [2.05, 4.69) is 0 Å². The van der Waals surface area contributed by atoms with Crippen molar-refractivity contribution >= 4 is 23.6 Å². The lowest BCUT2D eigenvalue weighted by Crippen LogP contribution is -2.49. The van der Waals surface area contributed by atoms with Crippen molar-refractivity contribution in [2.24, 2.45) is 11.1 Å². The van der Waals surface area contributed by atoms with Crippen molar-refractivity contribution in [3.05, 3.63) is 35.4 Å². The van der Waals surface area contributed by atoms with Gasteiger partial charge in [-0.1, -0.05) is 12.1 Å². The van der Waals surface area contributed by atoms with Crippen LogP contribution in [0.3, 0.4) is 0 Å². The molecule has 2 amide bonds. The number of hydrogen-bond acceptors (Lipinski definition) is 4. The van der Waals surface area contributed by atoms with E-state index in [0.29, 0.717) is 30.4 Å². The van der Waals surface area contributed by atoms with E-state index in [4.69, 9.17) is 16.2 Å². The molecule has 0 unspecified atom stereocenters. The van der Waals surface area contributed by atoms with Crippen LogP contribution in [0.4, 0.5) is 0 Å². The lowest BCUT2D eigenvalue weighted by atomic mass is 9.71. The molecule has 0 aliphatic carbocycles. The number of carboxylic acids is 1. The predicted octanol–water partition coefficient (Wildman–Crippen LogP) is 2.46. The van der Waals surface area contributed by atoms with Crippen LogP contribution in [0.5, 0.6) is 0 Å². The summed E-state index contributed by atoms with van der Waals surface area (Å²) in [6, 6.07) is 6.86. The number of nitrogens with one attached hydrogen (secondary N) is 1. The minimum absolute atomic E-state index is 0.0102. The molecule has 2 saturated heterocycles. The number of carbonyl (C=O) groups is 3. The van der Waals surface area contributed by atoms with Crippen molar-refractivity contribution in [1.29, 1.82) is 5.41 Å². The molecule has 0 atom stereocenters. The average molecular weight is 429 g/mol. The summed E-state index contributed by atoms with van der Waals surface area (Å²) < 4.78 is 0. The monoisotopic (exact) mass is 428 g/mol. The van der Waals surface area contributed by atoms with Gasteiger partial charge in [0.1, 0.15) is 5.84 Å². The number of benzene rings is 1. The highest BCUT2D eigenvalue weighted by atomic mass is 16.4. The highest BCUT2D eigenvalue weighted by Gasteiger charge is 2.39. The molecule has 3 rings (SSSR count). The van der Waals surface area contributed by atoms with Crippen molar-refractivity contribution < 1.29 is 19.5 Å². The molecule has 168 valence electrons. The molecule has 4 N–H and O–H groups in total. The van der Waals surface area contributed by atoms with Crippen molar-refractivity contribution in [3.8, 4) is 0 Å². The van der Waals surface area contributed by atoms with Crippen LogP contribution in [0.2, 0.25) is 0 Å². The third-order valence-electron chi connectivity index (χ3n) is 6.76. The van der Waals surface area contributed by atoms with Gasteiger partial charge in [0, 0.05) is 50.1 Å². The Bertz CT molecular complexity index is 818. The quantitative estimate of drug-likeness (QED) is 0.349. The van der Waals surface area contributed by atoms with Crippen LogP contribution in [0, 0.1) is 10.8 Å². The van der Waals surface area contributed by atoms with Gasteiger partial charge in [-0.05, 0) is 56.1 Å². The van der Waals surface area contributed by atoms with Gasteiger partial charge in [-0.2, -0.15) is 0 Å². The van der Waals surface area contributed by atoms with E-state index in [1.165, 1.54) is 0 Å². The summed E-state index contributed by atoms with van der Waals surface area (Å²) in [6.07, 6.45) is 5.52. The Morgan fingerprint density at radius 1 is 0.871 bits per heavy atom. The Balaban J connectivity index is 1.44. The van der Waals surface area contributed by atoms with E-state index >= 15 is 0 Å². The number of amidine groups is 1. The zero-order valence-corrected chi connectivity index (χ0v) is 17.9. The number of nitrogen functional groups attached to an aromatic ring is 1. The summed E-state index contributed by atoms with van der Waals surface area (Å²) in [5.74, 6) is -0.685. The molecular formula is C23H32N4O4. The third kappa shape index (κ3) is 5.83. The van der Waals surface area contributed by atoms with E-state index in [0.717, 1.165) is 51.9 Å². The van der Waals surface area contributed by atoms with Gasteiger partial charge in [0.25, 0.3) is 5.91 Å². The van der Waals surface area contributed by atoms with Gasteiger partial charge >= 0.3 is 5.97 Å². The number of carboxylic acid groups (broad SMARTS) is 1. The van der Waals surface area contributed by atoms with Gasteiger partial charge in [0.2, 0.25) is 5.91 Å². The first-order chi connectivity index (χ1) is 14.8. The number of piperidine rings is 2. The fourth-order valence-electron chi connectivity index (χ4n) is 4.60. The molecule has 8 heteroatoms. The molecule has 2 aliphatic rings. The smallest absolute Gasteiger partial charge is 0.303 e. The van der Waals surface area contributed by atoms with E-state index in [-0.39, 0.29) is 29.5 Å². The summed E-state index contributed by atoms with van der Waals surface area (Å²) in [5, 5.41) is 16.1. The fraction of sp³-hybridized carbons (Fsp3) is 0.565. The van der Waals surface area contributed by atoms with Crippen LogP contribution >= 0.6 is 0 Å². The lowest BCUT2D eigenvalue weighted by Gasteiger charge is -2.47. The standard InChI is InChI=1S/C23H32N4O4/c24-21(25)17-5-7-18(8-6-17)22(31)27-15-11-23(12-16-27)9-13-26(14-10-23)19(28)3-1-2-4-20(29)30/h5-8H,1-4,9-16H2,(H3,24,25)(H,29,30). The van der Waals surface area contributed by atoms with Crippen LogP contribution in [0.1, 0.15) is 67.3 Å². The average Bonchev–Trinajstić information content (AvgIpc) is 2.77. The molecule has 0 radical (unpaired) electrons. The first kappa shape index (κ1) is 22.8. The van der Waals surface area contributed by atoms with E-state index in [9.17, 15) is 14.4 Å². The number of likely N-dealkylation sites (tertiary alicyclic amines) is 2. The Morgan fingerprint density at radius 2 is 1.35 bits per heavy atom. The molecular weight excluding hydrogens is 396 g/mol. The second-order valence-electron chi connectivity index (χ2n) is 8.76. The van der Waals surface area contributed by atoms with Crippen LogP contribution in [-0.2, 0) is 9.59 Å². The zero-order chi connectivity index (χ0) is 22.4. The minimum Gasteiger partial charge on any atom is -0.481 e. The number of carbonyl (C=O) groups excluding carboxylic acids is 2. The molecule has 1 spiro atoms. The Kier molecular flexibility index (Phi) is 7.30. The number of aliphatic carboxylic acids is 1. The maximum absolute atomic E-state index is 12.8.